The van der Waals surface area contributed by atoms with Gasteiger partial charge in [0.15, 0.2) is 0 Å². The standard InChI is InChI=1S/C17H22BN3O3/c1-16(2)17(3,4)24-18(23-16)13-10-21(11-14(19)22)20-15(13)12-8-6-5-7-9-12/h5-10H,11H2,1-4H3,(H2,19,22). The van der Waals surface area contributed by atoms with Crippen LogP contribution in [-0.4, -0.2) is 34.0 Å². The third-order valence-corrected chi connectivity index (χ3v) is 4.66. The van der Waals surface area contributed by atoms with Crippen molar-refractivity contribution in [2.45, 2.75) is 45.4 Å². The molecule has 1 aliphatic heterocycles. The molecule has 0 saturated carbocycles. The molecule has 0 bridgehead atoms. The van der Waals surface area contributed by atoms with Gasteiger partial charge in [0.05, 0.1) is 16.9 Å². The Bertz CT molecular complexity index is 740. The lowest BCUT2D eigenvalue weighted by Gasteiger charge is -2.32. The van der Waals surface area contributed by atoms with Gasteiger partial charge in [0, 0.05) is 17.2 Å². The minimum atomic E-state index is -0.549. The van der Waals surface area contributed by atoms with Crippen molar-refractivity contribution in [3.05, 3.63) is 36.5 Å². The highest BCUT2D eigenvalue weighted by Crippen LogP contribution is 2.37. The molecule has 7 heteroatoms. The molecule has 0 unspecified atom stereocenters. The van der Waals surface area contributed by atoms with E-state index in [-0.39, 0.29) is 6.54 Å². The number of nitrogens with zero attached hydrogens (tertiary/aromatic N) is 2. The third kappa shape index (κ3) is 2.97. The van der Waals surface area contributed by atoms with Crippen LogP contribution in [0.3, 0.4) is 0 Å². The zero-order valence-corrected chi connectivity index (χ0v) is 14.4. The second kappa shape index (κ2) is 5.75. The Hall–Kier alpha value is -2.12. The summed E-state index contributed by atoms with van der Waals surface area (Å²) in [5.74, 6) is -0.447. The summed E-state index contributed by atoms with van der Waals surface area (Å²) in [6, 6.07) is 9.75. The smallest absolute Gasteiger partial charge is 0.399 e. The van der Waals surface area contributed by atoms with E-state index in [9.17, 15) is 4.79 Å². The maximum absolute atomic E-state index is 11.3. The molecule has 1 aromatic heterocycles. The second-order valence-corrected chi connectivity index (χ2v) is 7.05. The molecule has 0 atom stereocenters. The molecule has 1 aliphatic rings. The highest BCUT2D eigenvalue weighted by molar-refractivity contribution is 6.63. The number of amides is 1. The fourth-order valence-corrected chi connectivity index (χ4v) is 2.64. The molecular weight excluding hydrogens is 305 g/mol. The van der Waals surface area contributed by atoms with Crippen molar-refractivity contribution in [1.82, 2.24) is 9.78 Å². The number of hydrogen-bond acceptors (Lipinski definition) is 4. The number of primary amides is 1. The summed E-state index contributed by atoms with van der Waals surface area (Å²) in [5.41, 5.74) is 6.87. The highest BCUT2D eigenvalue weighted by Gasteiger charge is 2.52. The number of benzene rings is 1. The zero-order valence-electron chi connectivity index (χ0n) is 14.4. The van der Waals surface area contributed by atoms with Gasteiger partial charge in [0.25, 0.3) is 0 Å². The van der Waals surface area contributed by atoms with Crippen LogP contribution < -0.4 is 11.2 Å². The summed E-state index contributed by atoms with van der Waals surface area (Å²) in [5, 5.41) is 4.52. The van der Waals surface area contributed by atoms with Crippen molar-refractivity contribution in [2.24, 2.45) is 5.73 Å². The number of carbonyl (C=O) groups is 1. The quantitative estimate of drug-likeness (QED) is 0.860. The van der Waals surface area contributed by atoms with Crippen molar-refractivity contribution in [2.75, 3.05) is 0 Å². The molecule has 2 N–H and O–H groups in total. The molecular formula is C17H22BN3O3. The fraction of sp³-hybridized carbons (Fsp3) is 0.412. The van der Waals surface area contributed by atoms with Crippen LogP contribution in [0, 0.1) is 0 Å². The molecule has 6 nitrogen and oxygen atoms in total. The summed E-state index contributed by atoms with van der Waals surface area (Å²) in [7, 11) is -0.549. The number of hydrogen-bond donors (Lipinski definition) is 1. The highest BCUT2D eigenvalue weighted by atomic mass is 16.7. The van der Waals surface area contributed by atoms with Gasteiger partial charge in [-0.1, -0.05) is 30.3 Å². The van der Waals surface area contributed by atoms with E-state index in [4.69, 9.17) is 15.0 Å². The number of nitrogens with two attached hydrogens (primary N) is 1. The first-order valence-electron chi connectivity index (χ1n) is 7.96. The van der Waals surface area contributed by atoms with Gasteiger partial charge in [0.2, 0.25) is 5.91 Å². The van der Waals surface area contributed by atoms with Crippen LogP contribution in [0.1, 0.15) is 27.7 Å². The zero-order chi connectivity index (χ0) is 17.5. The van der Waals surface area contributed by atoms with Gasteiger partial charge in [0.1, 0.15) is 6.54 Å². The molecule has 0 radical (unpaired) electrons. The normalized spacial score (nSPS) is 18.8. The van der Waals surface area contributed by atoms with Crippen molar-refractivity contribution >= 4 is 18.5 Å². The molecule has 0 spiro atoms. The molecule has 2 heterocycles. The van der Waals surface area contributed by atoms with Crippen LogP contribution in [0.5, 0.6) is 0 Å². The molecule has 1 saturated heterocycles. The van der Waals surface area contributed by atoms with E-state index in [1.807, 2.05) is 58.0 Å². The minimum absolute atomic E-state index is 0.0132. The summed E-state index contributed by atoms with van der Waals surface area (Å²) in [6.45, 7) is 8.03. The number of aromatic nitrogens is 2. The van der Waals surface area contributed by atoms with E-state index in [2.05, 4.69) is 5.10 Å². The minimum Gasteiger partial charge on any atom is -0.399 e. The molecule has 1 amide bonds. The van der Waals surface area contributed by atoms with Gasteiger partial charge < -0.3 is 15.0 Å². The maximum Gasteiger partial charge on any atom is 0.498 e. The molecule has 3 rings (SSSR count). The van der Waals surface area contributed by atoms with Crippen LogP contribution in [0.4, 0.5) is 0 Å². The van der Waals surface area contributed by atoms with Crippen LogP contribution in [0.2, 0.25) is 0 Å². The van der Waals surface area contributed by atoms with E-state index in [0.29, 0.717) is 0 Å². The second-order valence-electron chi connectivity index (χ2n) is 7.05. The maximum atomic E-state index is 11.3. The molecule has 0 aliphatic carbocycles. The van der Waals surface area contributed by atoms with Gasteiger partial charge in [-0.15, -0.1) is 0 Å². The van der Waals surface area contributed by atoms with E-state index in [1.165, 1.54) is 4.68 Å². The Morgan fingerprint density at radius 3 is 2.29 bits per heavy atom. The topological polar surface area (TPSA) is 79.4 Å². The first kappa shape index (κ1) is 16.7. The average Bonchev–Trinajstić information content (AvgIpc) is 2.98. The molecule has 1 fully saturated rings. The molecule has 126 valence electrons. The number of carbonyl (C=O) groups excluding carboxylic acids is 1. The predicted octanol–water partition coefficient (Wildman–Crippen LogP) is 1.33. The lowest BCUT2D eigenvalue weighted by atomic mass is 9.78. The number of rotatable bonds is 4. The van der Waals surface area contributed by atoms with E-state index >= 15 is 0 Å². The van der Waals surface area contributed by atoms with E-state index in [0.717, 1.165) is 16.7 Å². The lowest BCUT2D eigenvalue weighted by molar-refractivity contribution is -0.118. The summed E-state index contributed by atoms with van der Waals surface area (Å²) < 4.78 is 13.8. The van der Waals surface area contributed by atoms with Crippen LogP contribution in [0.25, 0.3) is 11.3 Å². The molecule has 24 heavy (non-hydrogen) atoms. The van der Waals surface area contributed by atoms with Crippen LogP contribution >= 0.6 is 0 Å². The van der Waals surface area contributed by atoms with Gasteiger partial charge in [-0.2, -0.15) is 5.10 Å². The van der Waals surface area contributed by atoms with Crippen LogP contribution in [-0.2, 0) is 20.6 Å². The summed E-state index contributed by atoms with van der Waals surface area (Å²) >= 11 is 0. The average molecular weight is 327 g/mol. The Labute approximate surface area is 142 Å². The lowest BCUT2D eigenvalue weighted by Crippen LogP contribution is -2.41. The molecule has 1 aromatic carbocycles. The van der Waals surface area contributed by atoms with Gasteiger partial charge in [-0.25, -0.2) is 0 Å². The monoisotopic (exact) mass is 327 g/mol. The molecule has 2 aromatic rings. The Balaban J connectivity index is 2.03. The van der Waals surface area contributed by atoms with E-state index < -0.39 is 24.2 Å². The van der Waals surface area contributed by atoms with Gasteiger partial charge in [-0.3, -0.25) is 9.48 Å². The van der Waals surface area contributed by atoms with Crippen molar-refractivity contribution in [3.8, 4) is 11.3 Å². The Kier molecular flexibility index (Phi) is 4.01. The van der Waals surface area contributed by atoms with Crippen molar-refractivity contribution in [3.63, 3.8) is 0 Å². The van der Waals surface area contributed by atoms with E-state index in [1.54, 1.807) is 6.20 Å². The first-order valence-corrected chi connectivity index (χ1v) is 7.96. The summed E-state index contributed by atoms with van der Waals surface area (Å²) in [6.07, 6.45) is 1.77. The van der Waals surface area contributed by atoms with Crippen molar-refractivity contribution in [1.29, 1.82) is 0 Å². The predicted molar refractivity (Wildman–Crippen MR) is 92.6 cm³/mol. The Morgan fingerprint density at radius 1 is 1.17 bits per heavy atom. The first-order chi connectivity index (χ1) is 11.2. The van der Waals surface area contributed by atoms with Gasteiger partial charge in [-0.05, 0) is 27.7 Å². The largest absolute Gasteiger partial charge is 0.498 e. The SMILES string of the molecule is CC1(C)OB(c2cn(CC(N)=O)nc2-c2ccccc2)OC1(C)C. The van der Waals surface area contributed by atoms with Crippen molar-refractivity contribution < 1.29 is 14.1 Å². The van der Waals surface area contributed by atoms with Crippen LogP contribution in [0.15, 0.2) is 36.5 Å². The Morgan fingerprint density at radius 2 is 1.75 bits per heavy atom. The fourth-order valence-electron chi connectivity index (χ4n) is 2.64. The van der Waals surface area contributed by atoms with Gasteiger partial charge >= 0.3 is 7.12 Å². The third-order valence-electron chi connectivity index (χ3n) is 4.66. The summed E-state index contributed by atoms with van der Waals surface area (Å²) in [4.78, 5) is 11.3.